The molecule has 0 saturated heterocycles. The highest BCUT2D eigenvalue weighted by molar-refractivity contribution is 7.86. The highest BCUT2D eigenvalue weighted by Crippen LogP contribution is 2.40. The number of aromatic hydroxyl groups is 1. The summed E-state index contributed by atoms with van der Waals surface area (Å²) in [6, 6.07) is 19.0. The Kier molecular flexibility index (Phi) is 5.54. The van der Waals surface area contributed by atoms with Gasteiger partial charge in [0, 0.05) is 16.5 Å². The van der Waals surface area contributed by atoms with Gasteiger partial charge < -0.3 is 26.6 Å². The molecule has 0 atom stereocenters. The maximum absolute atomic E-state index is 12.3. The molecule has 10 heteroatoms. The van der Waals surface area contributed by atoms with Gasteiger partial charge in [-0.15, -0.1) is 0 Å². The molecule has 0 saturated carbocycles. The number of nitrogens with two attached hydrogens (primary N) is 1. The second-order valence-corrected chi connectivity index (χ2v) is 8.52. The van der Waals surface area contributed by atoms with Gasteiger partial charge in [0.1, 0.15) is 10.6 Å². The molecule has 9 nitrogen and oxygen atoms in total. The molecule has 4 aromatic carbocycles. The van der Waals surface area contributed by atoms with Gasteiger partial charge in [-0.2, -0.15) is 8.42 Å². The van der Waals surface area contributed by atoms with Crippen LogP contribution in [0.1, 0.15) is 10.4 Å². The number of phenolic OH excluding ortho intramolecular Hbond substituents is 1. The third kappa shape index (κ3) is 4.25. The highest BCUT2D eigenvalue weighted by Gasteiger charge is 2.27. The molecule has 0 heterocycles. The number of nitrogens with one attached hydrogen (secondary N) is 2. The van der Waals surface area contributed by atoms with Crippen LogP contribution in [-0.2, 0) is 10.1 Å². The summed E-state index contributed by atoms with van der Waals surface area (Å²) in [6.07, 6.45) is 0. The fourth-order valence-electron chi connectivity index (χ4n) is 3.54. The van der Waals surface area contributed by atoms with E-state index in [1.165, 1.54) is 12.1 Å². The summed E-state index contributed by atoms with van der Waals surface area (Å²) in [4.78, 5) is 11.0. The van der Waals surface area contributed by atoms with Crippen molar-refractivity contribution in [2.45, 2.75) is 4.90 Å². The van der Waals surface area contributed by atoms with E-state index in [9.17, 15) is 28.0 Å². The molecular weight excluding hydrogens is 446 g/mol. The van der Waals surface area contributed by atoms with Crippen LogP contribution in [0.2, 0.25) is 0 Å². The summed E-state index contributed by atoms with van der Waals surface area (Å²) >= 11 is 0. The molecule has 0 aliphatic rings. The zero-order valence-electron chi connectivity index (χ0n) is 17.0. The second-order valence-electron chi connectivity index (χ2n) is 7.16. The van der Waals surface area contributed by atoms with Crippen molar-refractivity contribution in [2.75, 3.05) is 16.4 Å². The molecule has 0 aliphatic heterocycles. The first-order chi connectivity index (χ1) is 15.7. The smallest absolute Gasteiger partial charge is 0.337 e. The molecule has 0 radical (unpaired) electrons. The number of hydrogen-bond donors (Lipinski definition) is 6. The van der Waals surface area contributed by atoms with Crippen molar-refractivity contribution in [1.29, 1.82) is 0 Å². The van der Waals surface area contributed by atoms with Gasteiger partial charge in [-0.25, -0.2) is 4.79 Å². The maximum Gasteiger partial charge on any atom is 0.337 e. The number of rotatable bonds is 6. The maximum atomic E-state index is 12.3. The first-order valence-electron chi connectivity index (χ1n) is 9.64. The summed E-state index contributed by atoms with van der Waals surface area (Å²) < 4.78 is 34.6. The number of phenols is 1. The lowest BCUT2D eigenvalue weighted by atomic mass is 10.1. The minimum absolute atomic E-state index is 0.0147. The van der Waals surface area contributed by atoms with Crippen LogP contribution in [-0.4, -0.2) is 29.2 Å². The van der Waals surface area contributed by atoms with Crippen LogP contribution in [0.3, 0.4) is 0 Å². The van der Waals surface area contributed by atoms with Crippen LogP contribution in [0, 0.1) is 0 Å². The van der Waals surface area contributed by atoms with E-state index in [0.29, 0.717) is 27.8 Å². The average Bonchev–Trinajstić information content (AvgIpc) is 2.76. The van der Waals surface area contributed by atoms with Crippen LogP contribution in [0.15, 0.2) is 77.7 Å². The number of fused-ring (bicyclic) bond motifs is 1. The Bertz CT molecular complexity index is 1500. The highest BCUT2D eigenvalue weighted by atomic mass is 32.2. The van der Waals surface area contributed by atoms with Crippen LogP contribution < -0.4 is 16.4 Å². The van der Waals surface area contributed by atoms with Crippen molar-refractivity contribution in [3.8, 4) is 5.75 Å². The molecule has 0 spiro atoms. The SMILES string of the molecule is Nc1ccccc1Nc1ccc(C(=O)O)c(S(=O)(=O)O)c1Nc1cccc2c(O)cccc12. The van der Waals surface area contributed by atoms with Gasteiger partial charge >= 0.3 is 5.97 Å². The number of hydrogen-bond acceptors (Lipinski definition) is 7. The van der Waals surface area contributed by atoms with Gasteiger partial charge in [0.25, 0.3) is 10.1 Å². The van der Waals surface area contributed by atoms with Gasteiger partial charge in [0.05, 0.1) is 28.3 Å². The Hall–Kier alpha value is -4.28. The van der Waals surface area contributed by atoms with Crippen molar-refractivity contribution in [3.63, 3.8) is 0 Å². The quantitative estimate of drug-likeness (QED) is 0.177. The molecule has 33 heavy (non-hydrogen) atoms. The van der Waals surface area contributed by atoms with E-state index in [4.69, 9.17) is 5.73 Å². The molecular formula is C23H19N3O6S. The predicted octanol–water partition coefficient (Wildman–Crippen LogP) is 4.56. The minimum Gasteiger partial charge on any atom is -0.507 e. The largest absolute Gasteiger partial charge is 0.507 e. The zero-order valence-corrected chi connectivity index (χ0v) is 17.8. The number of para-hydroxylation sites is 2. The van der Waals surface area contributed by atoms with Crippen LogP contribution in [0.25, 0.3) is 10.8 Å². The van der Waals surface area contributed by atoms with Crippen LogP contribution in [0.4, 0.5) is 28.4 Å². The predicted molar refractivity (Wildman–Crippen MR) is 126 cm³/mol. The Morgan fingerprint density at radius 3 is 2.15 bits per heavy atom. The summed E-state index contributed by atoms with van der Waals surface area (Å²) in [7, 11) is -4.98. The van der Waals surface area contributed by atoms with Gasteiger partial charge in [-0.05, 0) is 36.4 Å². The number of anilines is 5. The molecule has 4 aromatic rings. The van der Waals surface area contributed by atoms with E-state index in [2.05, 4.69) is 10.6 Å². The lowest BCUT2D eigenvalue weighted by molar-refractivity contribution is 0.0692. The summed E-state index contributed by atoms with van der Waals surface area (Å²) in [6.45, 7) is 0. The Morgan fingerprint density at radius 2 is 1.45 bits per heavy atom. The zero-order chi connectivity index (χ0) is 23.8. The Balaban J connectivity index is 1.98. The van der Waals surface area contributed by atoms with Crippen molar-refractivity contribution < 1.29 is 28.0 Å². The summed E-state index contributed by atoms with van der Waals surface area (Å²) in [5.74, 6) is -1.52. The second kappa shape index (κ2) is 8.34. The number of carboxylic acid groups (broad SMARTS) is 1. The van der Waals surface area contributed by atoms with E-state index < -0.39 is 26.5 Å². The molecule has 0 unspecified atom stereocenters. The van der Waals surface area contributed by atoms with E-state index >= 15 is 0 Å². The molecule has 7 N–H and O–H groups in total. The number of carboxylic acids is 1. The Morgan fingerprint density at radius 1 is 0.788 bits per heavy atom. The van der Waals surface area contributed by atoms with Crippen molar-refractivity contribution >= 4 is 55.3 Å². The molecule has 168 valence electrons. The lowest BCUT2D eigenvalue weighted by Gasteiger charge is -2.20. The number of aromatic carboxylic acids is 1. The first-order valence-corrected chi connectivity index (χ1v) is 11.1. The monoisotopic (exact) mass is 465 g/mol. The lowest BCUT2D eigenvalue weighted by Crippen LogP contribution is -2.13. The number of benzene rings is 4. The van der Waals surface area contributed by atoms with Gasteiger partial charge in [0.15, 0.2) is 0 Å². The first kappa shape index (κ1) is 21.9. The number of carbonyl (C=O) groups is 1. The van der Waals surface area contributed by atoms with Gasteiger partial charge in [-0.1, -0.05) is 36.4 Å². The van der Waals surface area contributed by atoms with E-state index in [1.807, 2.05) is 0 Å². The fourth-order valence-corrected chi connectivity index (χ4v) is 4.39. The topological polar surface area (TPSA) is 162 Å². The van der Waals surface area contributed by atoms with Crippen molar-refractivity contribution in [3.05, 3.63) is 78.4 Å². The van der Waals surface area contributed by atoms with Crippen LogP contribution in [0.5, 0.6) is 5.75 Å². The third-order valence-corrected chi connectivity index (χ3v) is 5.97. The Labute approximate surface area is 188 Å². The molecule has 0 aliphatic carbocycles. The molecule has 4 rings (SSSR count). The van der Waals surface area contributed by atoms with Gasteiger partial charge in [-0.3, -0.25) is 4.55 Å². The summed E-state index contributed by atoms with van der Waals surface area (Å²) in [5.41, 5.74) is 6.52. The van der Waals surface area contributed by atoms with Crippen molar-refractivity contribution in [2.24, 2.45) is 0 Å². The minimum atomic E-state index is -4.98. The van der Waals surface area contributed by atoms with Gasteiger partial charge in [0.2, 0.25) is 0 Å². The van der Waals surface area contributed by atoms with E-state index in [0.717, 1.165) is 6.07 Å². The molecule has 0 bridgehead atoms. The molecule has 0 amide bonds. The summed E-state index contributed by atoms with van der Waals surface area (Å²) in [5, 5.41) is 26.7. The van der Waals surface area contributed by atoms with Crippen molar-refractivity contribution in [1.82, 2.24) is 0 Å². The third-order valence-electron chi connectivity index (χ3n) is 5.03. The standard InChI is InChI=1S/C23H19N3O6S/c24-16-7-1-2-8-18(16)25-19-12-11-15(23(28)29)22(33(30,31)32)21(19)26-17-9-3-6-14-13(17)5-4-10-20(14)27/h1-12,25-27H,24H2,(H,28,29)(H,30,31,32). The average molecular weight is 465 g/mol. The molecule has 0 fully saturated rings. The van der Waals surface area contributed by atoms with Crippen LogP contribution >= 0.6 is 0 Å². The van der Waals surface area contributed by atoms with E-state index in [1.54, 1.807) is 54.6 Å². The number of nitrogen functional groups attached to an aromatic ring is 1. The fraction of sp³-hybridized carbons (Fsp3) is 0. The molecule has 0 aromatic heterocycles. The van der Waals surface area contributed by atoms with E-state index in [-0.39, 0.29) is 17.1 Å². The normalized spacial score (nSPS) is 11.3.